The van der Waals surface area contributed by atoms with Gasteiger partial charge in [-0.15, -0.1) is 0 Å². The van der Waals surface area contributed by atoms with Crippen LogP contribution >= 0.6 is 22.6 Å². The van der Waals surface area contributed by atoms with E-state index in [0.717, 1.165) is 41.9 Å². The standard InChI is InChI=1S/C13H19BIN3O/c1-13(9-16-14)5-7-18(8-6-13)11-4-3-10(15)12(19)17(11)2/h3-4,16H,5-9H2,1-2H3. The van der Waals surface area contributed by atoms with Gasteiger partial charge in [0.15, 0.2) is 7.98 Å². The van der Waals surface area contributed by atoms with Crippen molar-refractivity contribution in [1.82, 2.24) is 9.79 Å². The summed E-state index contributed by atoms with van der Waals surface area (Å²) in [5, 5.41) is 2.79. The van der Waals surface area contributed by atoms with Crippen molar-refractivity contribution in [3.8, 4) is 0 Å². The van der Waals surface area contributed by atoms with Crippen LogP contribution in [0.1, 0.15) is 19.8 Å². The molecule has 0 aliphatic carbocycles. The van der Waals surface area contributed by atoms with Crippen molar-refractivity contribution < 1.29 is 0 Å². The zero-order valence-electron chi connectivity index (χ0n) is 11.4. The van der Waals surface area contributed by atoms with Gasteiger partial charge in [0.05, 0.1) is 3.57 Å². The highest BCUT2D eigenvalue weighted by Gasteiger charge is 2.30. The quantitative estimate of drug-likeness (QED) is 0.643. The Morgan fingerprint density at radius 3 is 2.63 bits per heavy atom. The number of rotatable bonds is 3. The lowest BCUT2D eigenvalue weighted by molar-refractivity contribution is 0.250. The summed E-state index contributed by atoms with van der Waals surface area (Å²) >= 11 is 2.08. The topological polar surface area (TPSA) is 37.3 Å². The van der Waals surface area contributed by atoms with Crippen molar-refractivity contribution in [3.63, 3.8) is 0 Å². The fraction of sp³-hybridized carbons (Fsp3) is 0.615. The molecule has 2 radical (unpaired) electrons. The molecule has 1 aromatic rings. The number of piperidine rings is 1. The molecule has 1 N–H and O–H groups in total. The van der Waals surface area contributed by atoms with Crippen LogP contribution in [0.15, 0.2) is 16.9 Å². The Kier molecular flexibility index (Phi) is 4.60. The van der Waals surface area contributed by atoms with Gasteiger partial charge in [0.2, 0.25) is 0 Å². The van der Waals surface area contributed by atoms with Crippen LogP contribution in [0.4, 0.5) is 5.82 Å². The zero-order valence-corrected chi connectivity index (χ0v) is 13.6. The first kappa shape index (κ1) is 14.9. The molecule has 1 aliphatic heterocycles. The molecule has 4 nitrogen and oxygen atoms in total. The molecular formula is C13H19BIN3O. The number of nitrogens with zero attached hydrogens (tertiary/aromatic N) is 2. The van der Waals surface area contributed by atoms with Crippen molar-refractivity contribution >= 4 is 36.4 Å². The Hall–Kier alpha value is -0.495. The first-order chi connectivity index (χ1) is 8.97. The van der Waals surface area contributed by atoms with Gasteiger partial charge in [-0.2, -0.15) is 0 Å². The van der Waals surface area contributed by atoms with E-state index < -0.39 is 0 Å². The van der Waals surface area contributed by atoms with E-state index in [-0.39, 0.29) is 11.0 Å². The smallest absolute Gasteiger partial charge is 0.265 e. The highest BCUT2D eigenvalue weighted by atomic mass is 127. The Labute approximate surface area is 129 Å². The molecule has 0 saturated carbocycles. The molecule has 1 aliphatic rings. The van der Waals surface area contributed by atoms with E-state index in [1.165, 1.54) is 0 Å². The number of anilines is 1. The SMILES string of the molecule is [B]NCC1(C)CCN(c2ccc(I)c(=O)n2C)CC1. The van der Waals surface area contributed by atoms with Crippen molar-refractivity contribution in [2.24, 2.45) is 12.5 Å². The molecule has 6 heteroatoms. The molecule has 1 fully saturated rings. The molecule has 0 atom stereocenters. The molecule has 1 aromatic heterocycles. The summed E-state index contributed by atoms with van der Waals surface area (Å²) in [5.74, 6) is 1.01. The fourth-order valence-electron chi connectivity index (χ4n) is 2.61. The summed E-state index contributed by atoms with van der Waals surface area (Å²) in [4.78, 5) is 14.3. The molecule has 0 spiro atoms. The number of nitrogens with one attached hydrogen (secondary N) is 1. The van der Waals surface area contributed by atoms with E-state index >= 15 is 0 Å². The van der Waals surface area contributed by atoms with Crippen LogP contribution in [0.3, 0.4) is 0 Å². The first-order valence-electron chi connectivity index (χ1n) is 6.51. The highest BCUT2D eigenvalue weighted by Crippen LogP contribution is 2.31. The van der Waals surface area contributed by atoms with Crippen LogP contribution in [0.25, 0.3) is 0 Å². The van der Waals surface area contributed by atoms with E-state index in [0.29, 0.717) is 0 Å². The van der Waals surface area contributed by atoms with Gasteiger partial charge >= 0.3 is 0 Å². The van der Waals surface area contributed by atoms with Crippen LogP contribution in [0.5, 0.6) is 0 Å². The Morgan fingerprint density at radius 1 is 1.42 bits per heavy atom. The fourth-order valence-corrected chi connectivity index (χ4v) is 3.15. The van der Waals surface area contributed by atoms with Gasteiger partial charge in [0.25, 0.3) is 5.56 Å². The van der Waals surface area contributed by atoms with Crippen LogP contribution in [0, 0.1) is 8.99 Å². The monoisotopic (exact) mass is 371 g/mol. The average molecular weight is 371 g/mol. The molecule has 2 rings (SSSR count). The summed E-state index contributed by atoms with van der Waals surface area (Å²) in [6, 6.07) is 3.93. The Morgan fingerprint density at radius 2 is 2.05 bits per heavy atom. The number of halogens is 1. The van der Waals surface area contributed by atoms with Crippen LogP contribution < -0.4 is 15.7 Å². The molecule has 1 saturated heterocycles. The minimum absolute atomic E-state index is 0.0788. The number of aromatic nitrogens is 1. The lowest BCUT2D eigenvalue weighted by Crippen LogP contribution is -2.44. The highest BCUT2D eigenvalue weighted by molar-refractivity contribution is 14.1. The molecule has 0 amide bonds. The summed E-state index contributed by atoms with van der Waals surface area (Å²) in [5.41, 5.74) is 0.336. The van der Waals surface area contributed by atoms with Gasteiger partial charge in [-0.1, -0.05) is 6.92 Å². The second-order valence-corrected chi connectivity index (χ2v) is 6.74. The van der Waals surface area contributed by atoms with Crippen LogP contribution in [-0.4, -0.2) is 32.2 Å². The Bertz CT molecular complexity index is 509. The second-order valence-electron chi connectivity index (χ2n) is 5.58. The van der Waals surface area contributed by atoms with Gasteiger partial charge in [-0.05, 0) is 59.5 Å². The maximum Gasteiger partial charge on any atom is 0.265 e. The summed E-state index contributed by atoms with van der Waals surface area (Å²) < 4.78 is 2.50. The maximum absolute atomic E-state index is 12.0. The second kappa shape index (κ2) is 5.87. The van der Waals surface area contributed by atoms with Crippen molar-refractivity contribution in [2.75, 3.05) is 24.5 Å². The van der Waals surface area contributed by atoms with Gasteiger partial charge in [0, 0.05) is 20.1 Å². The maximum atomic E-state index is 12.0. The molecule has 0 aromatic carbocycles. The predicted molar refractivity (Wildman–Crippen MR) is 87.7 cm³/mol. The zero-order chi connectivity index (χ0) is 14.0. The molecular weight excluding hydrogens is 352 g/mol. The van der Waals surface area contributed by atoms with Gasteiger partial charge < -0.3 is 10.1 Å². The van der Waals surface area contributed by atoms with E-state index in [4.69, 9.17) is 7.98 Å². The van der Waals surface area contributed by atoms with Gasteiger partial charge in [-0.3, -0.25) is 9.36 Å². The normalized spacial score (nSPS) is 18.6. The third kappa shape index (κ3) is 3.16. The van der Waals surface area contributed by atoms with E-state index in [1.807, 2.05) is 19.2 Å². The molecule has 0 bridgehead atoms. The van der Waals surface area contributed by atoms with Crippen molar-refractivity contribution in [3.05, 3.63) is 26.1 Å². The molecule has 102 valence electrons. The summed E-state index contributed by atoms with van der Waals surface area (Å²) in [7, 11) is 7.28. The van der Waals surface area contributed by atoms with E-state index in [9.17, 15) is 4.79 Å². The number of pyridine rings is 1. The van der Waals surface area contributed by atoms with E-state index in [2.05, 4.69) is 39.6 Å². The first-order valence-corrected chi connectivity index (χ1v) is 7.59. The minimum Gasteiger partial charge on any atom is -0.366 e. The average Bonchev–Trinajstić information content (AvgIpc) is 2.38. The Balaban J connectivity index is 2.14. The largest absolute Gasteiger partial charge is 0.366 e. The lowest BCUT2D eigenvalue weighted by atomic mass is 9.80. The third-order valence-corrected chi connectivity index (χ3v) is 4.88. The minimum atomic E-state index is 0.0788. The molecule has 2 heterocycles. The summed E-state index contributed by atoms with van der Waals surface area (Å²) in [6.07, 6.45) is 2.16. The molecule has 19 heavy (non-hydrogen) atoms. The van der Waals surface area contributed by atoms with Gasteiger partial charge in [0.1, 0.15) is 5.82 Å². The van der Waals surface area contributed by atoms with Crippen molar-refractivity contribution in [2.45, 2.75) is 19.8 Å². The van der Waals surface area contributed by atoms with Crippen molar-refractivity contribution in [1.29, 1.82) is 0 Å². The van der Waals surface area contributed by atoms with E-state index in [1.54, 1.807) is 4.57 Å². The van der Waals surface area contributed by atoms with Crippen LogP contribution in [-0.2, 0) is 7.05 Å². The predicted octanol–water partition coefficient (Wildman–Crippen LogP) is 1.27. The number of hydrogen-bond acceptors (Lipinski definition) is 3. The van der Waals surface area contributed by atoms with Crippen LogP contribution in [0.2, 0.25) is 0 Å². The molecule has 0 unspecified atom stereocenters. The lowest BCUT2D eigenvalue weighted by Gasteiger charge is -2.40. The third-order valence-electron chi connectivity index (χ3n) is 4.05. The summed E-state index contributed by atoms with van der Waals surface area (Å²) in [6.45, 7) is 5.03. The van der Waals surface area contributed by atoms with Gasteiger partial charge in [-0.25, -0.2) is 0 Å². The number of hydrogen-bond donors (Lipinski definition) is 1.